The van der Waals surface area contributed by atoms with Crippen LogP contribution in [0.15, 0.2) is 54.6 Å². The third-order valence-corrected chi connectivity index (χ3v) is 3.96. The van der Waals surface area contributed by atoms with E-state index in [1.807, 2.05) is 43.1 Å². The highest BCUT2D eigenvalue weighted by molar-refractivity contribution is 6.31. The van der Waals surface area contributed by atoms with Crippen LogP contribution in [0.25, 0.3) is 0 Å². The zero-order valence-electron chi connectivity index (χ0n) is 14.0. The van der Waals surface area contributed by atoms with Crippen molar-refractivity contribution < 1.29 is 4.39 Å². The number of hydrogen-bond donors (Lipinski definition) is 1. The van der Waals surface area contributed by atoms with Crippen molar-refractivity contribution in [2.45, 2.75) is 13.5 Å². The largest absolute Gasteiger partial charge is 0.355 e. The third-order valence-electron chi connectivity index (χ3n) is 3.67. The maximum atomic E-state index is 13.3. The fourth-order valence-corrected chi connectivity index (χ4v) is 2.65. The molecule has 4 nitrogen and oxygen atoms in total. The zero-order chi connectivity index (χ0) is 17.8. The van der Waals surface area contributed by atoms with E-state index in [2.05, 4.69) is 27.4 Å². The maximum absolute atomic E-state index is 13.3. The number of anilines is 3. The lowest BCUT2D eigenvalue weighted by Gasteiger charge is -2.19. The summed E-state index contributed by atoms with van der Waals surface area (Å²) in [6.07, 6.45) is 0. The number of rotatable bonds is 5. The highest BCUT2D eigenvalue weighted by Gasteiger charge is 2.09. The molecule has 0 aliphatic heterocycles. The van der Waals surface area contributed by atoms with Crippen molar-refractivity contribution in [1.29, 1.82) is 0 Å². The summed E-state index contributed by atoms with van der Waals surface area (Å²) < 4.78 is 13.3. The van der Waals surface area contributed by atoms with Gasteiger partial charge in [0.15, 0.2) is 0 Å². The molecule has 1 N–H and O–H groups in total. The molecule has 3 rings (SSSR count). The summed E-state index contributed by atoms with van der Waals surface area (Å²) in [5.41, 5.74) is 1.86. The van der Waals surface area contributed by atoms with Gasteiger partial charge in [-0.1, -0.05) is 41.9 Å². The number of hydrogen-bond acceptors (Lipinski definition) is 4. The molecule has 0 aliphatic carbocycles. The Morgan fingerprint density at radius 2 is 1.84 bits per heavy atom. The van der Waals surface area contributed by atoms with Crippen LogP contribution >= 0.6 is 11.6 Å². The van der Waals surface area contributed by atoms with Crippen LogP contribution in [0.4, 0.5) is 21.7 Å². The summed E-state index contributed by atoms with van der Waals surface area (Å²) in [6.45, 7) is 2.57. The first kappa shape index (κ1) is 17.2. The Balaban J connectivity index is 1.81. The van der Waals surface area contributed by atoms with E-state index in [1.54, 1.807) is 6.07 Å². The molecule has 0 fully saturated rings. The van der Waals surface area contributed by atoms with Crippen LogP contribution in [0.5, 0.6) is 0 Å². The average molecular weight is 357 g/mol. The van der Waals surface area contributed by atoms with E-state index in [4.69, 9.17) is 11.6 Å². The summed E-state index contributed by atoms with van der Waals surface area (Å²) in [6, 6.07) is 16.5. The van der Waals surface area contributed by atoms with Crippen LogP contribution in [0.3, 0.4) is 0 Å². The fourth-order valence-electron chi connectivity index (χ4n) is 2.47. The first-order valence-corrected chi connectivity index (χ1v) is 8.22. The Kier molecular flexibility index (Phi) is 5.14. The van der Waals surface area contributed by atoms with E-state index in [0.29, 0.717) is 17.3 Å². The van der Waals surface area contributed by atoms with Crippen LogP contribution in [0.2, 0.25) is 5.02 Å². The summed E-state index contributed by atoms with van der Waals surface area (Å²) in [7, 11) is 1.98. The smallest absolute Gasteiger partial charge is 0.141 e. The molecule has 1 heterocycles. The Morgan fingerprint density at radius 1 is 1.08 bits per heavy atom. The molecule has 3 aromatic rings. The van der Waals surface area contributed by atoms with Crippen LogP contribution in [-0.4, -0.2) is 17.0 Å². The molecule has 0 bridgehead atoms. The van der Waals surface area contributed by atoms with Crippen molar-refractivity contribution in [3.63, 3.8) is 0 Å². The first-order chi connectivity index (χ1) is 12.0. The number of nitrogens with zero attached hydrogens (tertiary/aromatic N) is 3. The van der Waals surface area contributed by atoms with E-state index < -0.39 is 5.82 Å². The summed E-state index contributed by atoms with van der Waals surface area (Å²) in [4.78, 5) is 10.9. The third kappa shape index (κ3) is 4.45. The predicted octanol–water partition coefficient (Wildman–Crippen LogP) is 4.96. The van der Waals surface area contributed by atoms with Crippen molar-refractivity contribution >= 4 is 28.9 Å². The van der Waals surface area contributed by atoms with Crippen molar-refractivity contribution in [2.24, 2.45) is 0 Å². The minimum absolute atomic E-state index is 0.0668. The normalized spacial score (nSPS) is 10.6. The lowest BCUT2D eigenvalue weighted by atomic mass is 10.2. The molecule has 25 heavy (non-hydrogen) atoms. The molecule has 2 aromatic carbocycles. The van der Waals surface area contributed by atoms with Crippen LogP contribution in [0.1, 0.15) is 11.4 Å². The summed E-state index contributed by atoms with van der Waals surface area (Å²) >= 11 is 5.83. The predicted molar refractivity (Wildman–Crippen MR) is 100 cm³/mol. The first-order valence-electron chi connectivity index (χ1n) is 7.84. The molecular weight excluding hydrogens is 339 g/mol. The Hall–Kier alpha value is -2.66. The van der Waals surface area contributed by atoms with Crippen LogP contribution < -0.4 is 10.2 Å². The van der Waals surface area contributed by atoms with Crippen LogP contribution in [-0.2, 0) is 6.54 Å². The molecule has 0 atom stereocenters. The number of benzene rings is 2. The Morgan fingerprint density at radius 3 is 2.56 bits per heavy atom. The van der Waals surface area contributed by atoms with Gasteiger partial charge in [-0.05, 0) is 30.7 Å². The number of aromatic nitrogens is 2. The monoisotopic (exact) mass is 356 g/mol. The van der Waals surface area contributed by atoms with Crippen LogP contribution in [0, 0.1) is 12.7 Å². The van der Waals surface area contributed by atoms with E-state index >= 15 is 0 Å². The SMILES string of the molecule is Cc1nc(Nc2ccc(F)c(Cl)c2)cc(N(C)Cc2ccccc2)n1. The van der Waals surface area contributed by atoms with Gasteiger partial charge in [0.25, 0.3) is 0 Å². The molecule has 0 radical (unpaired) electrons. The molecule has 0 unspecified atom stereocenters. The zero-order valence-corrected chi connectivity index (χ0v) is 14.8. The second kappa shape index (κ2) is 7.49. The van der Waals surface area contributed by atoms with Gasteiger partial charge in [0.05, 0.1) is 5.02 Å². The number of aryl methyl sites for hydroxylation is 1. The maximum Gasteiger partial charge on any atom is 0.141 e. The minimum atomic E-state index is -0.450. The molecule has 0 amide bonds. The standard InChI is InChI=1S/C19H18ClFN4/c1-13-22-18(24-15-8-9-17(21)16(20)10-15)11-19(23-13)25(2)12-14-6-4-3-5-7-14/h3-11H,12H2,1-2H3,(H,22,23,24). The molecule has 6 heteroatoms. The summed E-state index contributed by atoms with van der Waals surface area (Å²) in [5.74, 6) is 1.62. The molecule has 0 saturated heterocycles. The van der Waals surface area contributed by atoms with Crippen molar-refractivity contribution in [3.05, 3.63) is 76.8 Å². The van der Waals surface area contributed by atoms with Gasteiger partial charge >= 0.3 is 0 Å². The van der Waals surface area contributed by atoms with Crippen molar-refractivity contribution in [1.82, 2.24) is 9.97 Å². The lowest BCUT2D eigenvalue weighted by Crippen LogP contribution is -2.18. The van der Waals surface area contributed by atoms with E-state index in [9.17, 15) is 4.39 Å². The average Bonchev–Trinajstić information content (AvgIpc) is 2.58. The van der Waals surface area contributed by atoms with Crippen molar-refractivity contribution in [2.75, 3.05) is 17.3 Å². The van der Waals surface area contributed by atoms with Gasteiger partial charge in [-0.2, -0.15) is 0 Å². The van der Waals surface area contributed by atoms with E-state index in [-0.39, 0.29) is 5.02 Å². The molecule has 0 saturated carbocycles. The summed E-state index contributed by atoms with van der Waals surface area (Å²) in [5, 5.41) is 3.21. The van der Waals surface area contributed by atoms with Crippen molar-refractivity contribution in [3.8, 4) is 0 Å². The van der Waals surface area contributed by atoms with Gasteiger partial charge in [0, 0.05) is 25.3 Å². The number of halogens is 2. The van der Waals surface area contributed by atoms with Gasteiger partial charge in [0.1, 0.15) is 23.3 Å². The number of nitrogens with one attached hydrogen (secondary N) is 1. The minimum Gasteiger partial charge on any atom is -0.355 e. The topological polar surface area (TPSA) is 41.1 Å². The van der Waals surface area contributed by atoms with Gasteiger partial charge < -0.3 is 10.2 Å². The van der Waals surface area contributed by atoms with Gasteiger partial charge in [0.2, 0.25) is 0 Å². The molecular formula is C19H18ClFN4. The van der Waals surface area contributed by atoms with E-state index in [0.717, 1.165) is 12.4 Å². The molecule has 1 aromatic heterocycles. The highest BCUT2D eigenvalue weighted by Crippen LogP contribution is 2.24. The quantitative estimate of drug-likeness (QED) is 0.701. The van der Waals surface area contributed by atoms with Gasteiger partial charge in [-0.25, -0.2) is 14.4 Å². The molecule has 0 aliphatic rings. The second-order valence-electron chi connectivity index (χ2n) is 5.75. The fraction of sp³-hybridized carbons (Fsp3) is 0.158. The van der Waals surface area contributed by atoms with E-state index in [1.165, 1.54) is 17.7 Å². The second-order valence-corrected chi connectivity index (χ2v) is 6.16. The lowest BCUT2D eigenvalue weighted by molar-refractivity contribution is 0.628. The van der Waals surface area contributed by atoms with Gasteiger partial charge in [-0.15, -0.1) is 0 Å². The van der Waals surface area contributed by atoms with Gasteiger partial charge in [-0.3, -0.25) is 0 Å². The Bertz CT molecular complexity index is 871. The molecule has 128 valence electrons. The highest BCUT2D eigenvalue weighted by atomic mass is 35.5. The Labute approximate surface area is 151 Å². The molecule has 0 spiro atoms.